The summed E-state index contributed by atoms with van der Waals surface area (Å²) >= 11 is 6.15. The van der Waals surface area contributed by atoms with Crippen LogP contribution in [0.1, 0.15) is 26.3 Å². The fourth-order valence-electron chi connectivity index (χ4n) is 1.86. The molecular weight excluding hydrogens is 306 g/mol. The number of nitrogens with zero attached hydrogens (tertiary/aromatic N) is 3. The van der Waals surface area contributed by atoms with E-state index in [1.165, 1.54) is 6.33 Å². The standard InChI is InChI=1S/C14H24ClN5O2/c1-14(2,3)22-13(21)19-9(7-16)6-10-11(15)17-8-18-12(10)20(4)5/h8-9H,6-7,16H2,1-5H3,(H,19,21). The molecule has 0 fully saturated rings. The third-order valence-electron chi connectivity index (χ3n) is 2.75. The van der Waals surface area contributed by atoms with Crippen molar-refractivity contribution >= 4 is 23.5 Å². The van der Waals surface area contributed by atoms with E-state index < -0.39 is 11.7 Å². The number of hydrogen-bond donors (Lipinski definition) is 2. The monoisotopic (exact) mass is 329 g/mol. The van der Waals surface area contributed by atoms with Gasteiger partial charge in [-0.25, -0.2) is 14.8 Å². The van der Waals surface area contributed by atoms with E-state index in [2.05, 4.69) is 15.3 Å². The lowest BCUT2D eigenvalue weighted by atomic mass is 10.1. The first kappa shape index (κ1) is 18.4. The van der Waals surface area contributed by atoms with E-state index >= 15 is 0 Å². The first-order valence-electron chi connectivity index (χ1n) is 7.00. The largest absolute Gasteiger partial charge is 0.444 e. The lowest BCUT2D eigenvalue weighted by Crippen LogP contribution is -2.44. The van der Waals surface area contributed by atoms with Gasteiger partial charge in [0.05, 0.1) is 0 Å². The van der Waals surface area contributed by atoms with Gasteiger partial charge in [-0.3, -0.25) is 0 Å². The Balaban J connectivity index is 2.85. The molecule has 1 aromatic heterocycles. The Labute approximate surface area is 136 Å². The van der Waals surface area contributed by atoms with E-state index in [4.69, 9.17) is 22.1 Å². The molecule has 3 N–H and O–H groups in total. The zero-order chi connectivity index (χ0) is 16.9. The smallest absolute Gasteiger partial charge is 0.407 e. The summed E-state index contributed by atoms with van der Waals surface area (Å²) in [5.74, 6) is 0.699. The van der Waals surface area contributed by atoms with Crippen LogP contribution in [0.15, 0.2) is 6.33 Å². The summed E-state index contributed by atoms with van der Waals surface area (Å²) in [6.45, 7) is 5.65. The van der Waals surface area contributed by atoms with Crippen LogP contribution in [0.2, 0.25) is 5.15 Å². The molecule has 0 spiro atoms. The van der Waals surface area contributed by atoms with Gasteiger partial charge in [0.1, 0.15) is 22.9 Å². The first-order valence-corrected chi connectivity index (χ1v) is 7.38. The van der Waals surface area contributed by atoms with Crippen LogP contribution in [-0.2, 0) is 11.2 Å². The fraction of sp³-hybridized carbons (Fsp3) is 0.643. The van der Waals surface area contributed by atoms with E-state index in [1.54, 1.807) is 20.8 Å². The number of anilines is 1. The van der Waals surface area contributed by atoms with Crippen LogP contribution in [-0.4, -0.2) is 48.3 Å². The van der Waals surface area contributed by atoms with Gasteiger partial charge < -0.3 is 20.7 Å². The maximum Gasteiger partial charge on any atom is 0.407 e. The molecule has 124 valence electrons. The van der Waals surface area contributed by atoms with Gasteiger partial charge in [-0.2, -0.15) is 0 Å². The van der Waals surface area contributed by atoms with Gasteiger partial charge in [-0.1, -0.05) is 11.6 Å². The van der Waals surface area contributed by atoms with E-state index in [-0.39, 0.29) is 12.6 Å². The second kappa shape index (κ2) is 7.60. The molecule has 0 aliphatic heterocycles. The predicted molar refractivity (Wildman–Crippen MR) is 87.3 cm³/mol. The molecule has 1 amide bonds. The van der Waals surface area contributed by atoms with Crippen LogP contribution >= 0.6 is 11.6 Å². The van der Waals surface area contributed by atoms with Crippen molar-refractivity contribution in [3.8, 4) is 0 Å². The molecule has 1 heterocycles. The van der Waals surface area contributed by atoms with Crippen molar-refractivity contribution in [3.63, 3.8) is 0 Å². The van der Waals surface area contributed by atoms with Crippen molar-refractivity contribution < 1.29 is 9.53 Å². The summed E-state index contributed by atoms with van der Waals surface area (Å²) in [4.78, 5) is 21.9. The van der Waals surface area contributed by atoms with Gasteiger partial charge in [0.15, 0.2) is 0 Å². The highest BCUT2D eigenvalue weighted by Gasteiger charge is 2.21. The van der Waals surface area contributed by atoms with Gasteiger partial charge in [-0.05, 0) is 20.8 Å². The highest BCUT2D eigenvalue weighted by molar-refractivity contribution is 6.30. The number of hydrogen-bond acceptors (Lipinski definition) is 6. The molecule has 0 radical (unpaired) electrons. The molecule has 8 heteroatoms. The second-order valence-corrected chi connectivity index (χ2v) is 6.50. The average molecular weight is 330 g/mol. The van der Waals surface area contributed by atoms with Crippen molar-refractivity contribution in [1.29, 1.82) is 0 Å². The third kappa shape index (κ3) is 5.65. The van der Waals surface area contributed by atoms with Gasteiger partial charge in [-0.15, -0.1) is 0 Å². The lowest BCUT2D eigenvalue weighted by molar-refractivity contribution is 0.0506. The Kier molecular flexibility index (Phi) is 6.37. The van der Waals surface area contributed by atoms with E-state index in [0.717, 1.165) is 5.56 Å². The van der Waals surface area contributed by atoms with Crippen molar-refractivity contribution in [2.24, 2.45) is 5.73 Å². The highest BCUT2D eigenvalue weighted by atomic mass is 35.5. The minimum atomic E-state index is -0.564. The molecule has 0 aromatic carbocycles. The SMILES string of the molecule is CN(C)c1ncnc(Cl)c1CC(CN)NC(=O)OC(C)(C)C. The number of carbonyl (C=O) groups is 1. The number of halogens is 1. The maximum absolute atomic E-state index is 11.9. The van der Waals surface area contributed by atoms with Crippen molar-refractivity contribution in [3.05, 3.63) is 17.0 Å². The van der Waals surface area contributed by atoms with E-state index in [9.17, 15) is 4.79 Å². The summed E-state index contributed by atoms with van der Waals surface area (Å²) < 4.78 is 5.24. The molecule has 7 nitrogen and oxygen atoms in total. The molecule has 1 unspecified atom stereocenters. The number of nitrogens with two attached hydrogens (primary N) is 1. The van der Waals surface area contributed by atoms with Crippen LogP contribution in [0, 0.1) is 0 Å². The molecule has 0 bridgehead atoms. The molecule has 0 saturated carbocycles. The van der Waals surface area contributed by atoms with Gasteiger partial charge in [0.2, 0.25) is 0 Å². The second-order valence-electron chi connectivity index (χ2n) is 6.14. The number of amides is 1. The summed E-state index contributed by atoms with van der Waals surface area (Å²) in [7, 11) is 3.72. The quantitative estimate of drug-likeness (QED) is 0.797. The minimum absolute atomic E-state index is 0.247. The van der Waals surface area contributed by atoms with Gasteiger partial charge in [0, 0.05) is 38.7 Å². The van der Waals surface area contributed by atoms with E-state index in [1.807, 2.05) is 19.0 Å². The fourth-order valence-corrected chi connectivity index (χ4v) is 2.06. The topological polar surface area (TPSA) is 93.4 Å². The maximum atomic E-state index is 11.9. The number of nitrogens with one attached hydrogen (secondary N) is 1. The summed E-state index contributed by atoms with van der Waals surface area (Å²) in [6.07, 6.45) is 1.31. The summed E-state index contributed by atoms with van der Waals surface area (Å²) in [5, 5.41) is 3.10. The number of alkyl carbamates (subject to hydrolysis) is 1. The number of ether oxygens (including phenoxy) is 1. The van der Waals surface area contributed by atoms with E-state index in [0.29, 0.717) is 17.4 Å². The first-order chi connectivity index (χ1) is 10.1. The minimum Gasteiger partial charge on any atom is -0.444 e. The van der Waals surface area contributed by atoms with Crippen molar-refractivity contribution in [2.45, 2.75) is 38.8 Å². The van der Waals surface area contributed by atoms with Crippen LogP contribution in [0.25, 0.3) is 0 Å². The van der Waals surface area contributed by atoms with Gasteiger partial charge >= 0.3 is 6.09 Å². The number of aromatic nitrogens is 2. The molecule has 0 saturated heterocycles. The lowest BCUT2D eigenvalue weighted by Gasteiger charge is -2.24. The molecular formula is C14H24ClN5O2. The van der Waals surface area contributed by atoms with Crippen LogP contribution < -0.4 is 16.0 Å². The Morgan fingerprint density at radius 2 is 2.09 bits per heavy atom. The number of rotatable bonds is 5. The molecule has 1 rings (SSSR count). The molecule has 0 aliphatic carbocycles. The molecule has 1 aromatic rings. The summed E-state index contributed by atoms with van der Waals surface area (Å²) in [5.41, 5.74) is 5.91. The Morgan fingerprint density at radius 3 is 2.59 bits per heavy atom. The molecule has 1 atom stereocenters. The van der Waals surface area contributed by atoms with Gasteiger partial charge in [0.25, 0.3) is 0 Å². The summed E-state index contributed by atoms with van der Waals surface area (Å²) in [6, 6.07) is -0.322. The molecule has 22 heavy (non-hydrogen) atoms. The number of carbonyl (C=O) groups excluding carboxylic acids is 1. The van der Waals surface area contributed by atoms with Crippen LogP contribution in [0.3, 0.4) is 0 Å². The normalized spacial score (nSPS) is 12.7. The Bertz CT molecular complexity index is 516. The van der Waals surface area contributed by atoms with Crippen LogP contribution in [0.4, 0.5) is 10.6 Å². The third-order valence-corrected chi connectivity index (χ3v) is 3.08. The Morgan fingerprint density at radius 1 is 1.45 bits per heavy atom. The molecule has 0 aliphatic rings. The average Bonchev–Trinajstić information content (AvgIpc) is 2.37. The zero-order valence-corrected chi connectivity index (χ0v) is 14.4. The van der Waals surface area contributed by atoms with Crippen molar-refractivity contribution in [1.82, 2.24) is 15.3 Å². The van der Waals surface area contributed by atoms with Crippen molar-refractivity contribution in [2.75, 3.05) is 25.5 Å². The predicted octanol–water partition coefficient (Wildman–Crippen LogP) is 1.59. The van der Waals surface area contributed by atoms with Crippen LogP contribution in [0.5, 0.6) is 0 Å². The Hall–Kier alpha value is -1.60. The zero-order valence-electron chi connectivity index (χ0n) is 13.7. The highest BCUT2D eigenvalue weighted by Crippen LogP contribution is 2.23.